The van der Waals surface area contributed by atoms with Crippen molar-refractivity contribution in [3.8, 4) is 55.9 Å². The average Bonchev–Trinajstić information content (AvgIpc) is 3.86. The number of para-hydroxylation sites is 1. The first-order valence-electron chi connectivity index (χ1n) is 21.8. The third-order valence-corrected chi connectivity index (χ3v) is 10.7. The number of aromatic nitrogens is 2. The summed E-state index contributed by atoms with van der Waals surface area (Å²) in [5, 5.41) is 2.34. The van der Waals surface area contributed by atoms with Crippen LogP contribution in [0.2, 0.25) is 0 Å². The van der Waals surface area contributed by atoms with Crippen molar-refractivity contribution in [1.29, 1.82) is 0 Å². The Kier molecular flexibility index (Phi) is 6.20. The molecule has 11 rings (SSSR count). The van der Waals surface area contributed by atoms with Crippen LogP contribution >= 0.6 is 0 Å². The number of nitrogens with zero attached hydrogens (tertiary/aromatic N) is 2. The van der Waals surface area contributed by atoms with Crippen LogP contribution < -0.4 is 0 Å². The molecule has 0 aliphatic rings. The molecular formula is C54H36N2. The standard InChI is InChI=1S/C54H36N2/c1-4-14-37(15-5-1)40-20-12-22-45(32-40)55-51-25-11-10-24-47(51)48-35-43(27-30-52(48)55)44-28-31-54-50(36-44)49-34-42(39-18-8-3-9-19-39)26-29-53(49)56(54)46-23-13-21-41(33-46)38-16-6-2-7-17-38/h1-36H/i27D,28D,30D,31D,35D,36D. The number of fused-ring (bicyclic) bond motifs is 6. The Labute approximate surface area is 334 Å². The normalized spacial score (nSPS) is 13.1. The summed E-state index contributed by atoms with van der Waals surface area (Å²) in [5.74, 6) is 0. The molecule has 2 aromatic heterocycles. The minimum Gasteiger partial charge on any atom is -0.309 e. The van der Waals surface area contributed by atoms with E-state index in [9.17, 15) is 8.22 Å². The van der Waals surface area contributed by atoms with Gasteiger partial charge in [-0.3, -0.25) is 0 Å². The first-order chi connectivity index (χ1) is 30.3. The molecule has 0 aliphatic heterocycles. The summed E-state index contributed by atoms with van der Waals surface area (Å²) in [6.45, 7) is 0. The predicted octanol–water partition coefficient (Wildman–Crippen LogP) is 14.5. The minimum atomic E-state index is -0.269. The highest BCUT2D eigenvalue weighted by atomic mass is 15.0. The summed E-state index contributed by atoms with van der Waals surface area (Å²) in [6, 6.07) is 59.1. The zero-order chi connectivity index (χ0) is 42.2. The van der Waals surface area contributed by atoms with Gasteiger partial charge in [0.1, 0.15) is 0 Å². The molecule has 0 atom stereocenters. The van der Waals surface area contributed by atoms with Gasteiger partial charge in [0.05, 0.1) is 30.3 Å². The van der Waals surface area contributed by atoms with Gasteiger partial charge in [-0.15, -0.1) is 0 Å². The van der Waals surface area contributed by atoms with Crippen LogP contribution in [0.5, 0.6) is 0 Å². The van der Waals surface area contributed by atoms with Gasteiger partial charge in [-0.1, -0.05) is 152 Å². The van der Waals surface area contributed by atoms with Crippen LogP contribution in [0, 0.1) is 0 Å². The monoisotopic (exact) mass is 718 g/mol. The van der Waals surface area contributed by atoms with Crippen molar-refractivity contribution in [1.82, 2.24) is 9.13 Å². The van der Waals surface area contributed by atoms with Gasteiger partial charge in [0.15, 0.2) is 0 Å². The summed E-state index contributed by atoms with van der Waals surface area (Å²) in [6.07, 6.45) is 0. The van der Waals surface area contributed by atoms with Crippen molar-refractivity contribution in [3.63, 3.8) is 0 Å². The summed E-state index contributed by atoms with van der Waals surface area (Å²) in [4.78, 5) is 0. The second kappa shape index (κ2) is 13.2. The zero-order valence-electron chi connectivity index (χ0n) is 36.2. The van der Waals surface area contributed by atoms with E-state index in [0.29, 0.717) is 27.2 Å². The van der Waals surface area contributed by atoms with E-state index in [0.717, 1.165) is 61.2 Å². The molecule has 0 saturated heterocycles. The smallest absolute Gasteiger partial charge is 0.0645 e. The van der Waals surface area contributed by atoms with Gasteiger partial charge in [-0.05, 0) is 111 Å². The molecule has 11 aromatic rings. The predicted molar refractivity (Wildman–Crippen MR) is 237 cm³/mol. The molecular weight excluding hydrogens is 677 g/mol. The molecule has 0 fully saturated rings. The number of hydrogen-bond donors (Lipinski definition) is 0. The first-order valence-corrected chi connectivity index (χ1v) is 18.8. The third-order valence-electron chi connectivity index (χ3n) is 10.7. The molecule has 2 heterocycles. The quantitative estimate of drug-likeness (QED) is 0.162. The molecule has 2 nitrogen and oxygen atoms in total. The Morgan fingerprint density at radius 3 is 1.23 bits per heavy atom. The molecule has 0 radical (unpaired) electrons. The topological polar surface area (TPSA) is 9.86 Å². The van der Waals surface area contributed by atoms with Crippen LogP contribution in [-0.2, 0) is 0 Å². The molecule has 0 unspecified atom stereocenters. The van der Waals surface area contributed by atoms with E-state index >= 15 is 0 Å². The lowest BCUT2D eigenvalue weighted by atomic mass is 9.99. The maximum atomic E-state index is 10.1. The average molecular weight is 719 g/mol. The van der Waals surface area contributed by atoms with Crippen LogP contribution in [0.4, 0.5) is 0 Å². The molecule has 0 spiro atoms. The van der Waals surface area contributed by atoms with E-state index in [2.05, 4.69) is 24.3 Å². The summed E-state index contributed by atoms with van der Waals surface area (Å²) in [5.41, 5.74) is 9.88. The molecule has 0 aliphatic carbocycles. The fourth-order valence-electron chi connectivity index (χ4n) is 8.08. The Hall–Kier alpha value is -7.42. The van der Waals surface area contributed by atoms with E-state index in [1.807, 2.05) is 167 Å². The van der Waals surface area contributed by atoms with E-state index in [1.165, 1.54) is 0 Å². The van der Waals surface area contributed by atoms with Crippen molar-refractivity contribution in [2.45, 2.75) is 0 Å². The van der Waals surface area contributed by atoms with E-state index in [-0.39, 0.29) is 47.4 Å². The van der Waals surface area contributed by atoms with Crippen LogP contribution in [0.25, 0.3) is 99.5 Å². The molecule has 262 valence electrons. The minimum absolute atomic E-state index is 0.0000262. The zero-order valence-corrected chi connectivity index (χ0v) is 30.2. The van der Waals surface area contributed by atoms with Gasteiger partial charge in [0, 0.05) is 32.9 Å². The van der Waals surface area contributed by atoms with Gasteiger partial charge >= 0.3 is 0 Å². The molecule has 0 N–H and O–H groups in total. The van der Waals surface area contributed by atoms with Gasteiger partial charge in [-0.2, -0.15) is 0 Å². The molecule has 0 saturated carbocycles. The summed E-state index contributed by atoms with van der Waals surface area (Å²) < 4.78 is 62.6. The number of rotatable bonds is 6. The van der Waals surface area contributed by atoms with Crippen LogP contribution in [0.1, 0.15) is 8.22 Å². The molecule has 56 heavy (non-hydrogen) atoms. The third kappa shape index (κ3) is 5.34. The van der Waals surface area contributed by atoms with Crippen molar-refractivity contribution in [2.75, 3.05) is 0 Å². The van der Waals surface area contributed by atoms with Crippen LogP contribution in [0.15, 0.2) is 218 Å². The fourth-order valence-corrected chi connectivity index (χ4v) is 8.08. The van der Waals surface area contributed by atoms with Gasteiger partial charge in [-0.25, -0.2) is 0 Å². The Morgan fingerprint density at radius 2 is 0.696 bits per heavy atom. The summed E-state index contributed by atoms with van der Waals surface area (Å²) >= 11 is 0. The molecule has 9 aromatic carbocycles. The summed E-state index contributed by atoms with van der Waals surface area (Å²) in [7, 11) is 0. The first kappa shape index (κ1) is 26.4. The molecule has 0 bridgehead atoms. The number of hydrogen-bond acceptors (Lipinski definition) is 0. The maximum Gasteiger partial charge on any atom is 0.0645 e. The van der Waals surface area contributed by atoms with E-state index in [4.69, 9.17) is 0 Å². The highest BCUT2D eigenvalue weighted by Crippen LogP contribution is 2.40. The maximum absolute atomic E-state index is 10.1. The van der Waals surface area contributed by atoms with Crippen LogP contribution in [0.3, 0.4) is 0 Å². The molecule has 2 heteroatoms. The Bertz CT molecular complexity index is 3580. The lowest BCUT2D eigenvalue weighted by Gasteiger charge is -2.11. The highest BCUT2D eigenvalue weighted by molar-refractivity contribution is 6.13. The Balaban J connectivity index is 1.21. The Morgan fingerprint density at radius 1 is 0.268 bits per heavy atom. The van der Waals surface area contributed by atoms with E-state index < -0.39 is 0 Å². The van der Waals surface area contributed by atoms with Crippen LogP contribution in [-0.4, -0.2) is 9.13 Å². The lowest BCUT2D eigenvalue weighted by Crippen LogP contribution is -1.94. The second-order valence-electron chi connectivity index (χ2n) is 14.1. The second-order valence-corrected chi connectivity index (χ2v) is 14.1. The molecule has 0 amide bonds. The van der Waals surface area contributed by atoms with Crippen molar-refractivity contribution < 1.29 is 8.22 Å². The van der Waals surface area contributed by atoms with Gasteiger partial charge < -0.3 is 9.13 Å². The largest absolute Gasteiger partial charge is 0.309 e. The van der Waals surface area contributed by atoms with Crippen molar-refractivity contribution >= 4 is 43.6 Å². The van der Waals surface area contributed by atoms with Crippen molar-refractivity contribution in [2.24, 2.45) is 0 Å². The number of benzene rings is 9. The highest BCUT2D eigenvalue weighted by Gasteiger charge is 2.17. The van der Waals surface area contributed by atoms with Gasteiger partial charge in [0.25, 0.3) is 0 Å². The van der Waals surface area contributed by atoms with Crippen molar-refractivity contribution in [3.05, 3.63) is 218 Å². The fraction of sp³-hybridized carbons (Fsp3) is 0. The van der Waals surface area contributed by atoms with Gasteiger partial charge in [0.2, 0.25) is 0 Å². The van der Waals surface area contributed by atoms with E-state index in [1.54, 1.807) is 0 Å². The SMILES string of the molecule is [2H]c1c(-c2c([2H])c([2H])c3c(c2[2H])c2cc(-c4ccccc4)ccc2n3-c2cccc(-c3ccccc3)c2)c([2H])c2c3ccccc3n(-c3cccc(-c4ccccc4)c3)c2c1[2H]. The lowest BCUT2D eigenvalue weighted by molar-refractivity contribution is 1.18.